The van der Waals surface area contributed by atoms with Crippen molar-refractivity contribution < 1.29 is 9.13 Å². The van der Waals surface area contributed by atoms with Gasteiger partial charge < -0.3 is 10.1 Å². The molecule has 1 N–H and O–H groups in total. The Hall–Kier alpha value is -1.09. The van der Waals surface area contributed by atoms with Gasteiger partial charge in [-0.1, -0.05) is 32.3 Å². The molecular weight excluding hydrogens is 253 g/mol. The van der Waals surface area contributed by atoms with Gasteiger partial charge in [-0.3, -0.25) is 0 Å². The van der Waals surface area contributed by atoms with Crippen molar-refractivity contribution in [3.63, 3.8) is 0 Å². The molecule has 0 bridgehead atoms. The molecule has 2 nitrogen and oxygen atoms in total. The smallest absolute Gasteiger partial charge is 0.165 e. The molecule has 1 fully saturated rings. The maximum absolute atomic E-state index is 13.7. The fourth-order valence-electron chi connectivity index (χ4n) is 3.09. The summed E-state index contributed by atoms with van der Waals surface area (Å²) in [5, 5.41) is 3.56. The molecule has 0 radical (unpaired) electrons. The summed E-state index contributed by atoms with van der Waals surface area (Å²) in [5.74, 6) is 1.58. The van der Waals surface area contributed by atoms with Crippen LogP contribution in [0.15, 0.2) is 18.2 Å². The summed E-state index contributed by atoms with van der Waals surface area (Å²) in [5.41, 5.74) is 0.978. The lowest BCUT2D eigenvalue weighted by atomic mass is 9.80. The fraction of sp³-hybridized carbons (Fsp3) is 0.647. The van der Waals surface area contributed by atoms with Crippen molar-refractivity contribution in [2.75, 3.05) is 13.7 Å². The van der Waals surface area contributed by atoms with E-state index in [4.69, 9.17) is 4.74 Å². The van der Waals surface area contributed by atoms with Crippen LogP contribution in [0, 0.1) is 17.7 Å². The highest BCUT2D eigenvalue weighted by Gasteiger charge is 2.21. The maximum atomic E-state index is 13.7. The van der Waals surface area contributed by atoms with Gasteiger partial charge in [-0.2, -0.15) is 0 Å². The normalized spacial score (nSPS) is 24.4. The lowest BCUT2D eigenvalue weighted by molar-refractivity contribution is 0.242. The molecule has 3 atom stereocenters. The predicted octanol–water partition coefficient (Wildman–Crippen LogP) is 4.31. The minimum absolute atomic E-state index is 0.171. The summed E-state index contributed by atoms with van der Waals surface area (Å²) in [6.45, 7) is 5.47. The molecule has 1 aliphatic carbocycles. The first-order valence-electron chi connectivity index (χ1n) is 7.68. The minimum atomic E-state index is -0.287. The summed E-state index contributed by atoms with van der Waals surface area (Å²) < 4.78 is 18.7. The first-order chi connectivity index (χ1) is 9.61. The first-order valence-corrected chi connectivity index (χ1v) is 7.68. The Kier molecular flexibility index (Phi) is 5.41. The Labute approximate surface area is 121 Å². The Morgan fingerprint density at radius 3 is 2.75 bits per heavy atom. The van der Waals surface area contributed by atoms with Gasteiger partial charge in [0.2, 0.25) is 0 Å². The quantitative estimate of drug-likeness (QED) is 0.867. The molecule has 0 saturated heterocycles. The maximum Gasteiger partial charge on any atom is 0.165 e. The molecule has 20 heavy (non-hydrogen) atoms. The summed E-state index contributed by atoms with van der Waals surface area (Å²) in [7, 11) is 1.49. The van der Waals surface area contributed by atoms with E-state index in [1.807, 2.05) is 6.07 Å². The van der Waals surface area contributed by atoms with Crippen LogP contribution in [0.5, 0.6) is 5.75 Å². The molecule has 1 aromatic rings. The van der Waals surface area contributed by atoms with E-state index in [1.54, 1.807) is 12.1 Å². The Balaban J connectivity index is 1.91. The highest BCUT2D eigenvalue weighted by Crippen LogP contribution is 2.29. The lowest BCUT2D eigenvalue weighted by Gasteiger charge is -2.30. The zero-order valence-corrected chi connectivity index (χ0v) is 12.8. The average molecular weight is 279 g/mol. The third-order valence-corrected chi connectivity index (χ3v) is 4.65. The van der Waals surface area contributed by atoms with Crippen molar-refractivity contribution in [3.05, 3.63) is 29.6 Å². The number of hydrogen-bond acceptors (Lipinski definition) is 2. The monoisotopic (exact) mass is 279 g/mol. The van der Waals surface area contributed by atoms with Crippen molar-refractivity contribution in [2.45, 2.75) is 45.6 Å². The number of methoxy groups -OCH3 is 1. The molecule has 1 aliphatic rings. The molecular formula is C17H26FNO. The average Bonchev–Trinajstić information content (AvgIpc) is 2.46. The topological polar surface area (TPSA) is 21.3 Å². The second kappa shape index (κ2) is 7.07. The Morgan fingerprint density at radius 1 is 1.35 bits per heavy atom. The van der Waals surface area contributed by atoms with Crippen LogP contribution in [0.3, 0.4) is 0 Å². The first kappa shape index (κ1) is 15.3. The summed E-state index contributed by atoms with van der Waals surface area (Å²) in [6.07, 6.45) is 5.38. The van der Waals surface area contributed by atoms with E-state index >= 15 is 0 Å². The van der Waals surface area contributed by atoms with Gasteiger partial charge in [-0.25, -0.2) is 4.39 Å². The highest BCUT2D eigenvalue weighted by molar-refractivity contribution is 5.30. The van der Waals surface area contributed by atoms with E-state index in [9.17, 15) is 4.39 Å². The van der Waals surface area contributed by atoms with Crippen LogP contribution in [0.1, 0.15) is 51.1 Å². The van der Waals surface area contributed by atoms with Crippen LogP contribution in [-0.2, 0) is 0 Å². The number of halogens is 1. The van der Waals surface area contributed by atoms with Gasteiger partial charge >= 0.3 is 0 Å². The summed E-state index contributed by atoms with van der Waals surface area (Å²) in [6, 6.07) is 5.38. The van der Waals surface area contributed by atoms with Crippen molar-refractivity contribution in [2.24, 2.45) is 11.8 Å². The van der Waals surface area contributed by atoms with E-state index in [2.05, 4.69) is 19.2 Å². The second-order valence-electron chi connectivity index (χ2n) is 6.05. The van der Waals surface area contributed by atoms with Crippen molar-refractivity contribution in [3.8, 4) is 5.75 Å². The number of benzene rings is 1. The van der Waals surface area contributed by atoms with Crippen LogP contribution in [-0.4, -0.2) is 13.7 Å². The molecule has 0 spiro atoms. The van der Waals surface area contributed by atoms with Gasteiger partial charge in [0.05, 0.1) is 7.11 Å². The molecule has 3 heteroatoms. The molecule has 3 unspecified atom stereocenters. The standard InChI is InChI=1S/C17H26FNO/c1-12-6-4-5-7-15(12)11-19-13(2)14-8-9-17(20-3)16(18)10-14/h8-10,12-13,15,19H,4-7,11H2,1-3H3. The molecule has 0 aromatic heterocycles. The van der Waals surface area contributed by atoms with Crippen LogP contribution in [0.25, 0.3) is 0 Å². The van der Waals surface area contributed by atoms with E-state index in [-0.39, 0.29) is 11.9 Å². The Bertz CT molecular complexity index is 435. The van der Waals surface area contributed by atoms with E-state index in [0.717, 1.165) is 23.9 Å². The van der Waals surface area contributed by atoms with Gasteiger partial charge in [-0.15, -0.1) is 0 Å². The predicted molar refractivity (Wildman–Crippen MR) is 80.5 cm³/mol. The SMILES string of the molecule is COc1ccc(C(C)NCC2CCCCC2C)cc1F. The van der Waals surface area contributed by atoms with E-state index < -0.39 is 0 Å². The number of nitrogens with one attached hydrogen (secondary N) is 1. The van der Waals surface area contributed by atoms with Crippen molar-refractivity contribution in [1.29, 1.82) is 0 Å². The van der Waals surface area contributed by atoms with Crippen molar-refractivity contribution in [1.82, 2.24) is 5.32 Å². The van der Waals surface area contributed by atoms with E-state index in [1.165, 1.54) is 32.8 Å². The van der Waals surface area contributed by atoms with Crippen LogP contribution in [0.4, 0.5) is 4.39 Å². The molecule has 1 saturated carbocycles. The zero-order valence-electron chi connectivity index (χ0n) is 12.8. The molecule has 112 valence electrons. The largest absolute Gasteiger partial charge is 0.494 e. The summed E-state index contributed by atoms with van der Waals surface area (Å²) >= 11 is 0. The van der Waals surface area contributed by atoms with Gasteiger partial charge in [-0.05, 0) is 49.4 Å². The van der Waals surface area contributed by atoms with Gasteiger partial charge in [0.25, 0.3) is 0 Å². The van der Waals surface area contributed by atoms with E-state index in [0.29, 0.717) is 5.75 Å². The van der Waals surface area contributed by atoms with Crippen LogP contribution < -0.4 is 10.1 Å². The fourth-order valence-corrected chi connectivity index (χ4v) is 3.09. The molecule has 2 rings (SSSR count). The number of rotatable bonds is 5. The second-order valence-corrected chi connectivity index (χ2v) is 6.05. The molecule has 0 amide bonds. The Morgan fingerprint density at radius 2 is 2.10 bits per heavy atom. The zero-order chi connectivity index (χ0) is 14.5. The summed E-state index contributed by atoms with van der Waals surface area (Å²) in [4.78, 5) is 0. The van der Waals surface area contributed by atoms with Gasteiger partial charge in [0.1, 0.15) is 0 Å². The van der Waals surface area contributed by atoms with Gasteiger partial charge in [0, 0.05) is 6.04 Å². The molecule has 1 aromatic carbocycles. The van der Waals surface area contributed by atoms with Crippen molar-refractivity contribution >= 4 is 0 Å². The van der Waals surface area contributed by atoms with Crippen LogP contribution in [0.2, 0.25) is 0 Å². The number of ether oxygens (including phenoxy) is 1. The molecule has 0 heterocycles. The third kappa shape index (κ3) is 3.72. The van der Waals surface area contributed by atoms with Gasteiger partial charge in [0.15, 0.2) is 11.6 Å². The third-order valence-electron chi connectivity index (χ3n) is 4.65. The van der Waals surface area contributed by atoms with Crippen LogP contribution >= 0.6 is 0 Å². The highest BCUT2D eigenvalue weighted by atomic mass is 19.1. The molecule has 0 aliphatic heterocycles. The number of hydrogen-bond donors (Lipinski definition) is 1. The lowest BCUT2D eigenvalue weighted by Crippen LogP contribution is -2.31. The minimum Gasteiger partial charge on any atom is -0.494 e.